The fourth-order valence-corrected chi connectivity index (χ4v) is 7.65. The molecule has 0 saturated carbocycles. The van der Waals surface area contributed by atoms with Gasteiger partial charge in [0.25, 0.3) is 7.82 Å². The highest BCUT2D eigenvalue weighted by molar-refractivity contribution is 7.45. The van der Waals surface area contributed by atoms with Gasteiger partial charge >= 0.3 is 5.97 Å². The third-order valence-corrected chi connectivity index (χ3v) is 11.9. The summed E-state index contributed by atoms with van der Waals surface area (Å²) >= 11 is 0. The van der Waals surface area contributed by atoms with Crippen molar-refractivity contribution >= 4 is 13.8 Å². The number of hydrogen-bond donors (Lipinski definition) is 0. The van der Waals surface area contributed by atoms with Crippen LogP contribution in [0.3, 0.4) is 0 Å². The van der Waals surface area contributed by atoms with Crippen LogP contribution in [-0.2, 0) is 27.9 Å². The summed E-state index contributed by atoms with van der Waals surface area (Å²) in [5.41, 5.74) is 0. The van der Waals surface area contributed by atoms with Gasteiger partial charge in [0.2, 0.25) is 0 Å². The van der Waals surface area contributed by atoms with E-state index in [1.165, 1.54) is 128 Å². The maximum atomic E-state index is 12.7. The average molecular weight is 930 g/mol. The average Bonchev–Trinajstić information content (AvgIpc) is 3.27. The molecule has 0 saturated heterocycles. The van der Waals surface area contributed by atoms with Gasteiger partial charge in [0.05, 0.1) is 34.4 Å². The van der Waals surface area contributed by atoms with Gasteiger partial charge in [-0.1, -0.05) is 208 Å². The molecule has 0 aromatic heterocycles. The lowest BCUT2D eigenvalue weighted by Crippen LogP contribution is -2.37. The number of rotatable bonds is 48. The fourth-order valence-electron chi connectivity index (χ4n) is 6.92. The van der Waals surface area contributed by atoms with Crippen LogP contribution in [-0.4, -0.2) is 70.7 Å². The Kier molecular flexibility index (Phi) is 46.4. The number of nitrogens with zero attached hydrogens (tertiary/aromatic N) is 1. The Balaban J connectivity index is 4.22. The second kappa shape index (κ2) is 48.1. The summed E-state index contributed by atoms with van der Waals surface area (Å²) in [4.78, 5) is 25.1. The normalized spacial score (nSPS) is 14.2. The van der Waals surface area contributed by atoms with Crippen molar-refractivity contribution in [3.05, 3.63) is 85.1 Å². The van der Waals surface area contributed by atoms with Gasteiger partial charge in [0.15, 0.2) is 0 Å². The summed E-state index contributed by atoms with van der Waals surface area (Å²) in [5, 5.41) is 0. The van der Waals surface area contributed by atoms with Gasteiger partial charge in [-0.3, -0.25) is 9.36 Å². The Morgan fingerprint density at radius 2 is 0.892 bits per heavy atom. The molecule has 0 heterocycles. The van der Waals surface area contributed by atoms with Crippen molar-refractivity contribution in [3.63, 3.8) is 0 Å². The van der Waals surface area contributed by atoms with Crippen LogP contribution in [0.15, 0.2) is 85.1 Å². The lowest BCUT2D eigenvalue weighted by atomic mass is 10.0. The van der Waals surface area contributed by atoms with E-state index in [2.05, 4.69) is 86.8 Å². The Hall–Kier alpha value is -2.32. The Bertz CT molecular complexity index is 1310. The number of carbonyl (C=O) groups is 1. The molecule has 8 nitrogen and oxygen atoms in total. The van der Waals surface area contributed by atoms with Gasteiger partial charge in [-0.15, -0.1) is 0 Å². The number of quaternary nitrogens is 1. The highest BCUT2D eigenvalue weighted by Gasteiger charge is 2.20. The molecule has 0 spiro atoms. The number of hydrogen-bond acceptors (Lipinski definition) is 7. The molecular weight excluding hydrogens is 830 g/mol. The first kappa shape index (κ1) is 62.7. The van der Waals surface area contributed by atoms with E-state index in [4.69, 9.17) is 18.5 Å². The molecule has 0 rings (SSSR count). The van der Waals surface area contributed by atoms with E-state index in [9.17, 15) is 14.3 Å². The molecule has 0 aliphatic carbocycles. The van der Waals surface area contributed by atoms with E-state index in [1.807, 2.05) is 33.3 Å². The summed E-state index contributed by atoms with van der Waals surface area (Å²) < 4.78 is 34.6. The molecule has 2 atom stereocenters. The topological polar surface area (TPSA) is 94.1 Å². The Morgan fingerprint density at radius 1 is 0.492 bits per heavy atom. The van der Waals surface area contributed by atoms with Crippen LogP contribution < -0.4 is 4.89 Å². The van der Waals surface area contributed by atoms with Gasteiger partial charge in [0.1, 0.15) is 19.3 Å². The molecule has 0 aliphatic heterocycles. The van der Waals surface area contributed by atoms with Crippen molar-refractivity contribution in [2.75, 3.05) is 54.1 Å². The zero-order valence-corrected chi connectivity index (χ0v) is 43.6. The number of esters is 1. The van der Waals surface area contributed by atoms with Crippen molar-refractivity contribution in [2.24, 2.45) is 0 Å². The van der Waals surface area contributed by atoms with Crippen LogP contribution >= 0.6 is 7.82 Å². The monoisotopic (exact) mass is 930 g/mol. The van der Waals surface area contributed by atoms with Crippen LogP contribution in [0.5, 0.6) is 0 Å². The first-order valence-corrected chi connectivity index (χ1v) is 27.8. The molecule has 0 fully saturated rings. The lowest BCUT2D eigenvalue weighted by molar-refractivity contribution is -0.870. The number of carbonyl (C=O) groups excluding carboxylic acids is 1. The van der Waals surface area contributed by atoms with Crippen LogP contribution in [0.4, 0.5) is 0 Å². The molecule has 65 heavy (non-hydrogen) atoms. The van der Waals surface area contributed by atoms with Crippen molar-refractivity contribution < 1.29 is 37.3 Å². The predicted molar refractivity (Wildman–Crippen MR) is 277 cm³/mol. The zero-order chi connectivity index (χ0) is 47.6. The molecule has 0 N–H and O–H groups in total. The molecule has 0 bridgehead atoms. The highest BCUT2D eigenvalue weighted by Crippen LogP contribution is 2.38. The predicted octanol–water partition coefficient (Wildman–Crippen LogP) is 15.8. The van der Waals surface area contributed by atoms with E-state index >= 15 is 0 Å². The number of likely N-dealkylation sites (N-methyl/N-ethyl adjacent to an activating group) is 1. The van der Waals surface area contributed by atoms with Gasteiger partial charge in [0, 0.05) is 13.0 Å². The van der Waals surface area contributed by atoms with Crippen molar-refractivity contribution in [1.29, 1.82) is 0 Å². The highest BCUT2D eigenvalue weighted by atomic mass is 31.2. The molecule has 0 aliphatic rings. The SMILES string of the molecule is CC/C=C\C/C=C\C/C=C\C/C=C\C/C=C\C/C=C\CCC(=O)OC(COCCCCCCCCCCCCCC/C=C\CCCCCCCCCC)COP(=O)([O-])OCC[N+](C)(C)C. The van der Waals surface area contributed by atoms with Gasteiger partial charge < -0.3 is 27.9 Å². The van der Waals surface area contributed by atoms with Crippen molar-refractivity contribution in [2.45, 2.75) is 213 Å². The molecule has 2 unspecified atom stereocenters. The number of unbranched alkanes of at least 4 members (excludes halogenated alkanes) is 20. The summed E-state index contributed by atoms with van der Waals surface area (Å²) in [7, 11) is 1.30. The van der Waals surface area contributed by atoms with Crippen LogP contribution in [0.2, 0.25) is 0 Å². The van der Waals surface area contributed by atoms with E-state index in [0.29, 0.717) is 24.1 Å². The second-order valence-corrected chi connectivity index (χ2v) is 19.9. The molecule has 0 aromatic carbocycles. The molecule has 9 heteroatoms. The first-order valence-electron chi connectivity index (χ1n) is 26.3. The van der Waals surface area contributed by atoms with Gasteiger partial charge in [-0.25, -0.2) is 0 Å². The van der Waals surface area contributed by atoms with Gasteiger partial charge in [-0.2, -0.15) is 0 Å². The molecule has 376 valence electrons. The van der Waals surface area contributed by atoms with Crippen molar-refractivity contribution in [3.8, 4) is 0 Å². The minimum atomic E-state index is -4.56. The quantitative estimate of drug-likeness (QED) is 0.0197. The van der Waals surface area contributed by atoms with Crippen LogP contribution in [0.25, 0.3) is 0 Å². The minimum absolute atomic E-state index is 0.00885. The standard InChI is InChI=1S/C56H100NO7P/c1-6-8-10-12-14-16-18-20-22-24-26-27-28-29-30-32-34-36-38-40-42-44-46-48-51-61-53-55(54-63-65(59,60)62-52-50-57(3,4)5)64-56(58)49-47-45-43-41-39-37-35-33-31-25-23-21-19-17-15-13-11-9-7-2/h9,11,15,17,21,23-24,26,31,33,37,39,43,45,55H,6-8,10,12-14,16,18-20,22,25,27-30,32,34-36,38,40-42,44,46-54H2,1-5H3/b11-9-,17-15-,23-21-,26-24-,33-31-,39-37-,45-43-. The molecule has 0 amide bonds. The third kappa shape index (κ3) is 52.5. The fraction of sp³-hybridized carbons (Fsp3) is 0.732. The van der Waals surface area contributed by atoms with Crippen LogP contribution in [0, 0.1) is 0 Å². The lowest BCUT2D eigenvalue weighted by Gasteiger charge is -2.28. The minimum Gasteiger partial charge on any atom is -0.756 e. The maximum absolute atomic E-state index is 12.7. The number of allylic oxidation sites excluding steroid dienone is 14. The summed E-state index contributed by atoms with van der Waals surface area (Å²) in [6.07, 6.45) is 64.9. The summed E-state index contributed by atoms with van der Waals surface area (Å²) in [5.74, 6) is -0.416. The molecule has 0 radical (unpaired) electrons. The Labute approximate surface area is 401 Å². The number of phosphoric acid groups is 1. The first-order chi connectivity index (χ1) is 31.6. The van der Waals surface area contributed by atoms with E-state index in [0.717, 1.165) is 51.4 Å². The molecule has 0 aromatic rings. The number of ether oxygens (including phenoxy) is 2. The smallest absolute Gasteiger partial charge is 0.306 e. The Morgan fingerprint density at radius 3 is 1.34 bits per heavy atom. The molecular formula is C56H100NO7P. The van der Waals surface area contributed by atoms with E-state index in [-0.39, 0.29) is 26.2 Å². The second-order valence-electron chi connectivity index (χ2n) is 18.5. The number of phosphoric ester groups is 1. The zero-order valence-electron chi connectivity index (χ0n) is 42.7. The van der Waals surface area contributed by atoms with E-state index in [1.54, 1.807) is 0 Å². The summed E-state index contributed by atoms with van der Waals surface area (Å²) in [6.45, 7) is 5.20. The maximum Gasteiger partial charge on any atom is 0.306 e. The third-order valence-electron chi connectivity index (χ3n) is 10.9. The van der Waals surface area contributed by atoms with E-state index < -0.39 is 19.9 Å². The van der Waals surface area contributed by atoms with Gasteiger partial charge in [-0.05, 0) is 77.0 Å². The van der Waals surface area contributed by atoms with Crippen LogP contribution in [0.1, 0.15) is 206 Å². The van der Waals surface area contributed by atoms with Crippen molar-refractivity contribution in [1.82, 2.24) is 0 Å². The summed E-state index contributed by atoms with van der Waals surface area (Å²) in [6, 6.07) is 0. The largest absolute Gasteiger partial charge is 0.756 e.